The van der Waals surface area contributed by atoms with E-state index in [2.05, 4.69) is 35.0 Å². The van der Waals surface area contributed by atoms with Crippen LogP contribution in [0, 0.1) is 0 Å². The van der Waals surface area contributed by atoms with Crippen LogP contribution in [0.4, 0.5) is 0 Å². The Morgan fingerprint density at radius 3 is 2.20 bits per heavy atom. The molecule has 0 amide bonds. The molecule has 0 saturated heterocycles. The zero-order valence-electron chi connectivity index (χ0n) is 13.5. The van der Waals surface area contributed by atoms with Gasteiger partial charge in [0.1, 0.15) is 0 Å². The van der Waals surface area contributed by atoms with Crippen molar-refractivity contribution in [2.75, 3.05) is 5.33 Å². The molecule has 0 aliphatic carbocycles. The van der Waals surface area contributed by atoms with Crippen molar-refractivity contribution in [3.8, 4) is 0 Å². The Balaban J connectivity index is 3.21. The number of alkyl halides is 1. The van der Waals surface area contributed by atoms with Gasteiger partial charge in [-0.2, -0.15) is 0 Å². The molecule has 0 aromatic carbocycles. The molecule has 0 saturated carbocycles. The quantitative estimate of drug-likeness (QED) is 0.207. The van der Waals surface area contributed by atoms with Crippen LogP contribution in [0.1, 0.15) is 90.4 Å². The number of aliphatic hydroxyl groups is 1. The highest BCUT2D eigenvalue weighted by molar-refractivity contribution is 9.09. The van der Waals surface area contributed by atoms with Crippen molar-refractivity contribution in [1.29, 1.82) is 0 Å². The van der Waals surface area contributed by atoms with Crippen LogP contribution in [0.2, 0.25) is 0 Å². The van der Waals surface area contributed by atoms with Crippen LogP contribution in [0.5, 0.6) is 0 Å². The molecule has 0 fully saturated rings. The summed E-state index contributed by atoms with van der Waals surface area (Å²) in [6.07, 6.45) is 20.4. The summed E-state index contributed by atoms with van der Waals surface area (Å²) < 4.78 is 0. The van der Waals surface area contributed by atoms with E-state index in [9.17, 15) is 5.11 Å². The van der Waals surface area contributed by atoms with E-state index in [0.717, 1.165) is 18.2 Å². The fraction of sp³-hybridized carbons (Fsp3) is 0.889. The smallest absolute Gasteiger partial charge is 0.0574 e. The lowest BCUT2D eigenvalue weighted by Crippen LogP contribution is -2.04. The lowest BCUT2D eigenvalue weighted by atomic mass is 10.1. The van der Waals surface area contributed by atoms with E-state index in [4.69, 9.17) is 0 Å². The van der Waals surface area contributed by atoms with Gasteiger partial charge < -0.3 is 5.11 Å². The Bertz CT molecular complexity index is 204. The average Bonchev–Trinajstić information content (AvgIpc) is 2.45. The Labute approximate surface area is 135 Å². The molecule has 0 aliphatic heterocycles. The highest BCUT2D eigenvalue weighted by Crippen LogP contribution is 2.10. The maximum absolute atomic E-state index is 9.82. The summed E-state index contributed by atoms with van der Waals surface area (Å²) in [5.41, 5.74) is 0. The molecule has 0 spiro atoms. The van der Waals surface area contributed by atoms with Gasteiger partial charge in [-0.25, -0.2) is 0 Å². The third-order valence-electron chi connectivity index (χ3n) is 3.72. The molecule has 0 heterocycles. The van der Waals surface area contributed by atoms with Crippen molar-refractivity contribution in [2.24, 2.45) is 0 Å². The molecule has 1 nitrogen and oxygen atoms in total. The number of rotatable bonds is 15. The number of aliphatic hydroxyl groups excluding tert-OH is 1. The highest BCUT2D eigenvalue weighted by atomic mass is 79.9. The number of hydrogen-bond donors (Lipinski definition) is 1. The largest absolute Gasteiger partial charge is 0.393 e. The molecule has 0 aromatic rings. The number of halogens is 1. The van der Waals surface area contributed by atoms with Gasteiger partial charge in [0.05, 0.1) is 6.10 Å². The molecular weight excluding hydrogens is 312 g/mol. The fourth-order valence-corrected chi connectivity index (χ4v) is 2.76. The first-order valence-electron chi connectivity index (χ1n) is 8.70. The van der Waals surface area contributed by atoms with Crippen LogP contribution >= 0.6 is 15.9 Å². The van der Waals surface area contributed by atoms with Crippen molar-refractivity contribution in [3.63, 3.8) is 0 Å². The summed E-state index contributed by atoms with van der Waals surface area (Å²) in [6.45, 7) is 2.22. The van der Waals surface area contributed by atoms with Crippen LogP contribution in [0.15, 0.2) is 12.2 Å². The molecule has 1 atom stereocenters. The second kappa shape index (κ2) is 17.2. The third-order valence-corrected chi connectivity index (χ3v) is 4.28. The Kier molecular flexibility index (Phi) is 17.4. The zero-order chi connectivity index (χ0) is 14.9. The van der Waals surface area contributed by atoms with Crippen molar-refractivity contribution in [2.45, 2.75) is 96.5 Å². The fourth-order valence-electron chi connectivity index (χ4n) is 2.36. The van der Waals surface area contributed by atoms with E-state index in [-0.39, 0.29) is 6.10 Å². The molecule has 0 bridgehead atoms. The van der Waals surface area contributed by atoms with E-state index < -0.39 is 0 Å². The predicted molar refractivity (Wildman–Crippen MR) is 94.6 cm³/mol. The minimum absolute atomic E-state index is 0.118. The van der Waals surface area contributed by atoms with Gasteiger partial charge in [-0.1, -0.05) is 86.4 Å². The summed E-state index contributed by atoms with van der Waals surface area (Å²) in [7, 11) is 0. The van der Waals surface area contributed by atoms with Gasteiger partial charge in [-0.15, -0.1) is 0 Å². The van der Waals surface area contributed by atoms with E-state index in [1.807, 2.05) is 0 Å². The van der Waals surface area contributed by atoms with Crippen LogP contribution < -0.4 is 0 Å². The first-order chi connectivity index (χ1) is 9.81. The molecule has 1 N–H and O–H groups in total. The molecule has 0 rings (SSSR count). The van der Waals surface area contributed by atoms with Gasteiger partial charge in [0, 0.05) is 5.33 Å². The highest BCUT2D eigenvalue weighted by Gasteiger charge is 2.00. The van der Waals surface area contributed by atoms with Gasteiger partial charge in [-0.3, -0.25) is 0 Å². The van der Waals surface area contributed by atoms with Crippen LogP contribution in [-0.4, -0.2) is 16.5 Å². The lowest BCUT2D eigenvalue weighted by Gasteiger charge is -2.07. The maximum Gasteiger partial charge on any atom is 0.0574 e. The molecule has 0 unspecified atom stereocenters. The van der Waals surface area contributed by atoms with Crippen molar-refractivity contribution < 1.29 is 5.11 Å². The van der Waals surface area contributed by atoms with Gasteiger partial charge in [0.15, 0.2) is 0 Å². The molecule has 2 heteroatoms. The van der Waals surface area contributed by atoms with Gasteiger partial charge in [0.25, 0.3) is 0 Å². The minimum atomic E-state index is -0.118. The molecule has 0 radical (unpaired) electrons. The van der Waals surface area contributed by atoms with Gasteiger partial charge >= 0.3 is 0 Å². The van der Waals surface area contributed by atoms with Gasteiger partial charge in [-0.05, 0) is 32.1 Å². The van der Waals surface area contributed by atoms with E-state index in [1.54, 1.807) is 0 Å². The Morgan fingerprint density at radius 2 is 1.50 bits per heavy atom. The summed E-state index contributed by atoms with van der Waals surface area (Å²) >= 11 is 3.47. The van der Waals surface area contributed by atoms with Crippen molar-refractivity contribution in [3.05, 3.63) is 12.2 Å². The summed E-state index contributed by atoms with van der Waals surface area (Å²) in [4.78, 5) is 0. The lowest BCUT2D eigenvalue weighted by molar-refractivity contribution is 0.163. The molecule has 120 valence electrons. The number of hydrogen-bond acceptors (Lipinski definition) is 1. The molecular formula is C18H35BrO. The predicted octanol–water partition coefficient (Wildman–Crippen LogP) is 6.39. The Hall–Kier alpha value is 0.180. The number of allylic oxidation sites excluding steroid dienone is 1. The van der Waals surface area contributed by atoms with Crippen LogP contribution in [0.3, 0.4) is 0 Å². The first-order valence-corrected chi connectivity index (χ1v) is 9.82. The summed E-state index contributed by atoms with van der Waals surface area (Å²) in [6, 6.07) is 0. The molecule has 0 aromatic heterocycles. The number of unbranched alkanes of at least 4 members (excludes halogenated alkanes) is 9. The SMILES string of the molecule is CCCCCC[C@@H](O)CC=CCCCCCCCCBr. The van der Waals surface area contributed by atoms with E-state index in [0.29, 0.717) is 0 Å². The van der Waals surface area contributed by atoms with E-state index >= 15 is 0 Å². The van der Waals surface area contributed by atoms with Crippen molar-refractivity contribution >= 4 is 15.9 Å². The monoisotopic (exact) mass is 346 g/mol. The van der Waals surface area contributed by atoms with E-state index in [1.165, 1.54) is 70.6 Å². The normalized spacial score (nSPS) is 13.2. The van der Waals surface area contributed by atoms with Crippen LogP contribution in [0.25, 0.3) is 0 Å². The standard InChI is InChI=1S/C18H35BrO/c1-2-3-4-12-15-18(20)16-13-10-8-6-5-7-9-11-14-17-19/h10,13,18,20H,2-9,11-12,14-17H2,1H3/t18-/m1/s1. The second-order valence-corrected chi connectivity index (χ2v) is 6.60. The van der Waals surface area contributed by atoms with Crippen molar-refractivity contribution in [1.82, 2.24) is 0 Å². The molecule has 20 heavy (non-hydrogen) atoms. The summed E-state index contributed by atoms with van der Waals surface area (Å²) in [5, 5.41) is 11.0. The first kappa shape index (κ1) is 20.2. The van der Waals surface area contributed by atoms with Crippen LogP contribution in [-0.2, 0) is 0 Å². The average molecular weight is 347 g/mol. The zero-order valence-corrected chi connectivity index (χ0v) is 15.0. The summed E-state index contributed by atoms with van der Waals surface area (Å²) in [5.74, 6) is 0. The topological polar surface area (TPSA) is 20.2 Å². The molecule has 0 aliphatic rings. The Morgan fingerprint density at radius 1 is 0.850 bits per heavy atom. The second-order valence-electron chi connectivity index (χ2n) is 5.81. The third kappa shape index (κ3) is 16.2. The minimum Gasteiger partial charge on any atom is -0.393 e. The van der Waals surface area contributed by atoms with Gasteiger partial charge in [0.2, 0.25) is 0 Å². The maximum atomic E-state index is 9.82.